The Morgan fingerprint density at radius 3 is 2.83 bits per heavy atom. The van der Waals surface area contributed by atoms with Crippen LogP contribution in [-0.2, 0) is 4.74 Å². The van der Waals surface area contributed by atoms with E-state index in [1.165, 1.54) is 0 Å². The van der Waals surface area contributed by atoms with Gasteiger partial charge in [-0.3, -0.25) is 0 Å². The van der Waals surface area contributed by atoms with Crippen molar-refractivity contribution in [3.63, 3.8) is 0 Å². The largest absolute Gasteiger partial charge is 0.381 e. The van der Waals surface area contributed by atoms with Gasteiger partial charge in [-0.1, -0.05) is 0 Å². The number of nitrogens with one attached hydrogen (secondary N) is 1. The molecule has 4 atom stereocenters. The van der Waals surface area contributed by atoms with E-state index in [-0.39, 0.29) is 12.5 Å². The van der Waals surface area contributed by atoms with E-state index in [1.807, 2.05) is 0 Å². The SMILES string of the molecule is COCC(C)(F)C1C2CNC1C2. The van der Waals surface area contributed by atoms with Gasteiger partial charge in [-0.15, -0.1) is 0 Å². The van der Waals surface area contributed by atoms with E-state index < -0.39 is 5.67 Å². The van der Waals surface area contributed by atoms with Crippen LogP contribution in [0.2, 0.25) is 0 Å². The fourth-order valence-electron chi connectivity index (χ4n) is 2.76. The summed E-state index contributed by atoms with van der Waals surface area (Å²) >= 11 is 0. The molecule has 0 spiro atoms. The Labute approximate surface area is 72.5 Å². The molecule has 1 aliphatic carbocycles. The summed E-state index contributed by atoms with van der Waals surface area (Å²) in [5.74, 6) is 0.748. The van der Waals surface area contributed by atoms with Crippen molar-refractivity contribution in [2.24, 2.45) is 11.8 Å². The third kappa shape index (κ3) is 1.07. The maximum atomic E-state index is 13.9. The molecule has 1 saturated carbocycles. The zero-order chi connectivity index (χ0) is 8.77. The molecule has 0 amide bonds. The van der Waals surface area contributed by atoms with E-state index in [2.05, 4.69) is 5.32 Å². The van der Waals surface area contributed by atoms with Crippen LogP contribution in [0.15, 0.2) is 0 Å². The maximum absolute atomic E-state index is 13.9. The topological polar surface area (TPSA) is 21.3 Å². The highest BCUT2D eigenvalue weighted by Gasteiger charge is 2.55. The van der Waals surface area contributed by atoms with Crippen LogP contribution >= 0.6 is 0 Å². The van der Waals surface area contributed by atoms with E-state index in [4.69, 9.17) is 4.74 Å². The van der Waals surface area contributed by atoms with Gasteiger partial charge in [0.15, 0.2) is 0 Å². The number of alkyl halides is 1. The molecular formula is C9H16FNO. The Morgan fingerprint density at radius 2 is 2.42 bits per heavy atom. The van der Waals surface area contributed by atoms with E-state index in [0.717, 1.165) is 13.0 Å². The van der Waals surface area contributed by atoms with Gasteiger partial charge < -0.3 is 10.1 Å². The maximum Gasteiger partial charge on any atom is 0.136 e. The third-order valence-electron chi connectivity index (χ3n) is 3.26. The zero-order valence-corrected chi connectivity index (χ0v) is 7.64. The molecule has 2 nitrogen and oxygen atoms in total. The normalized spacial score (nSPS) is 43.8. The van der Waals surface area contributed by atoms with Crippen LogP contribution in [0.5, 0.6) is 0 Å². The van der Waals surface area contributed by atoms with Crippen LogP contribution in [-0.4, -0.2) is 32.0 Å². The van der Waals surface area contributed by atoms with E-state index >= 15 is 0 Å². The lowest BCUT2D eigenvalue weighted by atomic mass is 9.66. The first-order chi connectivity index (χ1) is 5.65. The minimum atomic E-state index is -1.13. The number of fused-ring (bicyclic) bond motifs is 1. The van der Waals surface area contributed by atoms with Crippen molar-refractivity contribution in [1.29, 1.82) is 0 Å². The Balaban J connectivity index is 2.00. The lowest BCUT2D eigenvalue weighted by molar-refractivity contribution is -0.0420. The minimum Gasteiger partial charge on any atom is -0.381 e. The number of hydrogen-bond acceptors (Lipinski definition) is 2. The Morgan fingerprint density at radius 1 is 1.67 bits per heavy atom. The Bertz CT molecular complexity index is 169. The van der Waals surface area contributed by atoms with Crippen LogP contribution < -0.4 is 5.32 Å². The van der Waals surface area contributed by atoms with Crippen LogP contribution in [0, 0.1) is 11.8 Å². The van der Waals surface area contributed by atoms with Crippen LogP contribution in [0.3, 0.4) is 0 Å². The monoisotopic (exact) mass is 173 g/mol. The van der Waals surface area contributed by atoms with Crippen molar-refractivity contribution < 1.29 is 9.13 Å². The lowest BCUT2D eigenvalue weighted by Gasteiger charge is -2.42. The summed E-state index contributed by atoms with van der Waals surface area (Å²) in [5.41, 5.74) is -1.13. The molecule has 2 heterocycles. The number of halogens is 1. The van der Waals surface area contributed by atoms with Gasteiger partial charge in [0, 0.05) is 19.1 Å². The van der Waals surface area contributed by atoms with Gasteiger partial charge >= 0.3 is 0 Å². The van der Waals surface area contributed by atoms with E-state index in [0.29, 0.717) is 12.0 Å². The summed E-state index contributed by atoms with van der Waals surface area (Å²) in [7, 11) is 1.56. The highest BCUT2D eigenvalue weighted by Crippen LogP contribution is 2.47. The molecule has 70 valence electrons. The molecule has 0 aromatic heterocycles. The molecule has 2 aliphatic heterocycles. The molecule has 0 aromatic rings. The van der Waals surface area contributed by atoms with Gasteiger partial charge in [-0.05, 0) is 25.8 Å². The first kappa shape index (κ1) is 8.45. The molecule has 3 fully saturated rings. The predicted octanol–water partition coefficient (Wildman–Crippen LogP) is 0.969. The molecular weight excluding hydrogens is 157 g/mol. The second kappa shape index (κ2) is 2.67. The molecule has 3 rings (SSSR count). The molecule has 1 N–H and O–H groups in total. The van der Waals surface area contributed by atoms with E-state index in [9.17, 15) is 4.39 Å². The van der Waals surface area contributed by atoms with Gasteiger partial charge in [0.1, 0.15) is 5.67 Å². The average molecular weight is 173 g/mol. The molecule has 2 saturated heterocycles. The fourth-order valence-corrected chi connectivity index (χ4v) is 2.76. The predicted molar refractivity (Wildman–Crippen MR) is 44.8 cm³/mol. The summed E-state index contributed by atoms with van der Waals surface area (Å²) in [6.07, 6.45) is 1.16. The number of rotatable bonds is 3. The first-order valence-corrected chi connectivity index (χ1v) is 4.56. The quantitative estimate of drug-likeness (QED) is 0.686. The van der Waals surface area contributed by atoms with Crippen molar-refractivity contribution >= 4 is 0 Å². The summed E-state index contributed by atoms with van der Waals surface area (Å²) in [6, 6.07) is 0.417. The standard InChI is InChI=1S/C9H16FNO/c1-9(10,5-12-2)8-6-3-7(8)11-4-6/h6-8,11H,3-5H2,1-2H3. The number of methoxy groups -OCH3 is 1. The van der Waals surface area contributed by atoms with Crippen molar-refractivity contribution in [3.8, 4) is 0 Å². The highest BCUT2D eigenvalue weighted by atomic mass is 19.1. The van der Waals surface area contributed by atoms with Crippen molar-refractivity contribution in [3.05, 3.63) is 0 Å². The first-order valence-electron chi connectivity index (χ1n) is 4.56. The molecule has 3 heteroatoms. The zero-order valence-electron chi connectivity index (χ0n) is 7.64. The fraction of sp³-hybridized carbons (Fsp3) is 1.00. The highest BCUT2D eigenvalue weighted by molar-refractivity contribution is 5.09. The van der Waals surface area contributed by atoms with Crippen LogP contribution in [0.4, 0.5) is 4.39 Å². The molecule has 4 unspecified atom stereocenters. The summed E-state index contributed by atoms with van der Waals surface area (Å²) < 4.78 is 18.8. The molecule has 0 aromatic carbocycles. The Kier molecular flexibility index (Phi) is 1.88. The van der Waals surface area contributed by atoms with Crippen molar-refractivity contribution in [1.82, 2.24) is 5.32 Å². The van der Waals surface area contributed by atoms with Gasteiger partial charge in [0.2, 0.25) is 0 Å². The van der Waals surface area contributed by atoms with Gasteiger partial charge in [-0.25, -0.2) is 4.39 Å². The van der Waals surface area contributed by atoms with Gasteiger partial charge in [0.05, 0.1) is 6.61 Å². The van der Waals surface area contributed by atoms with Crippen molar-refractivity contribution in [2.45, 2.75) is 25.1 Å². The van der Waals surface area contributed by atoms with Gasteiger partial charge in [0.25, 0.3) is 0 Å². The molecule has 2 bridgehead atoms. The molecule has 3 aliphatic rings. The summed E-state index contributed by atoms with van der Waals surface area (Å²) in [4.78, 5) is 0. The lowest BCUT2D eigenvalue weighted by Crippen LogP contribution is -2.51. The molecule has 0 radical (unpaired) electrons. The van der Waals surface area contributed by atoms with Crippen LogP contribution in [0.1, 0.15) is 13.3 Å². The Hall–Kier alpha value is -0.150. The van der Waals surface area contributed by atoms with Crippen LogP contribution in [0.25, 0.3) is 0 Å². The average Bonchev–Trinajstić information content (AvgIpc) is 2.40. The summed E-state index contributed by atoms with van der Waals surface area (Å²) in [6.45, 7) is 2.89. The number of hydrogen-bond donors (Lipinski definition) is 1. The third-order valence-corrected chi connectivity index (χ3v) is 3.26. The van der Waals surface area contributed by atoms with E-state index in [1.54, 1.807) is 14.0 Å². The second-order valence-electron chi connectivity index (χ2n) is 4.25. The molecule has 12 heavy (non-hydrogen) atoms. The van der Waals surface area contributed by atoms with Crippen molar-refractivity contribution in [2.75, 3.05) is 20.3 Å². The van der Waals surface area contributed by atoms with Gasteiger partial charge in [-0.2, -0.15) is 0 Å². The summed E-state index contributed by atoms with van der Waals surface area (Å²) in [5, 5.41) is 3.31. The second-order valence-corrected chi connectivity index (χ2v) is 4.25. The minimum absolute atomic E-state index is 0.192. The number of ether oxygens (including phenoxy) is 1. The smallest absolute Gasteiger partial charge is 0.136 e.